The van der Waals surface area contributed by atoms with Crippen LogP contribution in [0.5, 0.6) is 5.75 Å². The van der Waals surface area contributed by atoms with E-state index in [1.807, 2.05) is 52.2 Å². The number of carbonyl (C=O) groups excluding carboxylic acids is 1. The van der Waals surface area contributed by atoms with Gasteiger partial charge in [0.05, 0.1) is 22.6 Å². The number of hydrogen-bond acceptors (Lipinski definition) is 6. The highest BCUT2D eigenvalue weighted by Crippen LogP contribution is 2.28. The molecule has 2 aromatic heterocycles. The smallest absolute Gasteiger partial charge is 0.227 e. The molecule has 0 spiro atoms. The zero-order valence-corrected chi connectivity index (χ0v) is 20.7. The molecule has 3 heterocycles. The van der Waals surface area contributed by atoms with Gasteiger partial charge in [-0.25, -0.2) is 4.98 Å². The molecule has 172 valence electrons. The van der Waals surface area contributed by atoms with Crippen molar-refractivity contribution in [1.29, 1.82) is 0 Å². The second kappa shape index (κ2) is 10.4. The molecule has 7 nitrogen and oxygen atoms in total. The van der Waals surface area contributed by atoms with Gasteiger partial charge in [0.15, 0.2) is 0 Å². The van der Waals surface area contributed by atoms with Crippen LogP contribution in [0.25, 0.3) is 15.7 Å². The Kier molecular flexibility index (Phi) is 7.29. The Morgan fingerprint density at radius 2 is 2.06 bits per heavy atom. The van der Waals surface area contributed by atoms with Gasteiger partial charge in [0.25, 0.3) is 0 Å². The van der Waals surface area contributed by atoms with Gasteiger partial charge in [-0.1, -0.05) is 18.2 Å². The molecule has 3 aromatic rings. The lowest BCUT2D eigenvalue weighted by Gasteiger charge is -2.30. The summed E-state index contributed by atoms with van der Waals surface area (Å²) in [5.41, 5.74) is 7.72. The first kappa shape index (κ1) is 23.3. The normalized spacial score (nSPS) is 15.8. The summed E-state index contributed by atoms with van der Waals surface area (Å²) < 4.78 is 2.51. The molecule has 1 saturated heterocycles. The van der Waals surface area contributed by atoms with E-state index in [0.29, 0.717) is 41.1 Å². The molecular weight excluding hydrogens is 502 g/mol. The first-order chi connectivity index (χ1) is 16.0. The molecular formula is C24H26BrN5O2S. The van der Waals surface area contributed by atoms with Crippen LogP contribution in [0.2, 0.25) is 0 Å². The van der Waals surface area contributed by atoms with Gasteiger partial charge in [-0.2, -0.15) is 0 Å². The number of para-hydroxylation sites is 1. The van der Waals surface area contributed by atoms with Gasteiger partial charge in [-0.3, -0.25) is 9.79 Å². The van der Waals surface area contributed by atoms with Crippen molar-refractivity contribution in [2.75, 3.05) is 13.1 Å². The first-order valence-corrected chi connectivity index (χ1v) is 12.4. The number of rotatable bonds is 5. The first-order valence-electron chi connectivity index (χ1n) is 10.7. The second-order valence-electron chi connectivity index (χ2n) is 7.91. The Balaban J connectivity index is 1.59. The summed E-state index contributed by atoms with van der Waals surface area (Å²) >= 11 is 5.09. The number of halogens is 1. The molecule has 0 unspecified atom stereocenters. The molecule has 0 atom stereocenters. The summed E-state index contributed by atoms with van der Waals surface area (Å²) in [7, 11) is 1.89. The molecule has 0 saturated carbocycles. The third kappa shape index (κ3) is 5.36. The zero-order valence-electron chi connectivity index (χ0n) is 18.3. The predicted octanol–water partition coefficient (Wildman–Crippen LogP) is 3.64. The van der Waals surface area contributed by atoms with Crippen molar-refractivity contribution >= 4 is 37.7 Å². The monoisotopic (exact) mass is 527 g/mol. The molecule has 9 heteroatoms. The molecule has 1 aromatic carbocycles. The minimum atomic E-state index is 0.0927. The number of thiophene rings is 1. The lowest BCUT2D eigenvalue weighted by molar-refractivity contribution is -0.131. The van der Waals surface area contributed by atoms with Crippen molar-refractivity contribution in [3.8, 4) is 17.0 Å². The van der Waals surface area contributed by atoms with Gasteiger partial charge < -0.3 is 20.3 Å². The zero-order chi connectivity index (χ0) is 23.4. The number of aromatic nitrogens is 2. The van der Waals surface area contributed by atoms with E-state index in [0.717, 1.165) is 23.2 Å². The van der Waals surface area contributed by atoms with Crippen LogP contribution in [0, 0.1) is 0 Å². The summed E-state index contributed by atoms with van der Waals surface area (Å²) in [4.78, 5) is 25.3. The standard InChI is InChI=1S/C24H26BrN5O2S/c1-29-22(14-20(28-24(29)19(25)15-26)18-6-2-3-7-21(18)31)27-16-8-10-30(11-9-16)23(32)13-17-5-4-12-33-17/h2-7,12,14-16,31H,8-11,13,26H2,1H3/b19-15+,27-22?. The lowest BCUT2D eigenvalue weighted by Crippen LogP contribution is -2.41. The van der Waals surface area contributed by atoms with Crippen molar-refractivity contribution in [2.45, 2.75) is 25.3 Å². The minimum absolute atomic E-state index is 0.0927. The fourth-order valence-corrected chi connectivity index (χ4v) is 4.95. The fraction of sp³-hybridized carbons (Fsp3) is 0.292. The quantitative estimate of drug-likeness (QED) is 0.529. The number of nitrogens with zero attached hydrogens (tertiary/aromatic N) is 4. The Labute approximate surface area is 205 Å². The van der Waals surface area contributed by atoms with E-state index < -0.39 is 0 Å². The molecule has 1 fully saturated rings. The summed E-state index contributed by atoms with van der Waals surface area (Å²) in [5, 5.41) is 12.3. The van der Waals surface area contributed by atoms with Gasteiger partial charge >= 0.3 is 0 Å². The molecule has 0 aliphatic carbocycles. The summed E-state index contributed by atoms with van der Waals surface area (Å²) in [6, 6.07) is 13.0. The summed E-state index contributed by atoms with van der Waals surface area (Å²) in [6.07, 6.45) is 3.51. The molecule has 0 radical (unpaired) electrons. The SMILES string of the molecule is Cn1c(/C(Br)=C\N)nc(-c2ccccc2O)cc1=NC1CCN(C(=O)Cc2cccs2)CC1. The van der Waals surface area contributed by atoms with Gasteiger partial charge in [-0.05, 0) is 52.4 Å². The van der Waals surface area contributed by atoms with E-state index in [1.165, 1.54) is 6.20 Å². The maximum atomic E-state index is 12.6. The second-order valence-corrected chi connectivity index (χ2v) is 9.80. The number of phenolic OH excluding ortho intramolecular Hbond substituents is 1. The van der Waals surface area contributed by atoms with Crippen LogP contribution >= 0.6 is 27.3 Å². The Morgan fingerprint density at radius 3 is 2.73 bits per heavy atom. The molecule has 1 amide bonds. The molecule has 1 aliphatic heterocycles. The van der Waals surface area contributed by atoms with E-state index in [-0.39, 0.29) is 17.7 Å². The largest absolute Gasteiger partial charge is 0.507 e. The van der Waals surface area contributed by atoms with Gasteiger partial charge in [0.1, 0.15) is 17.1 Å². The Morgan fingerprint density at radius 1 is 1.30 bits per heavy atom. The number of nitrogens with two attached hydrogens (primary N) is 1. The number of aromatic hydroxyl groups is 1. The highest BCUT2D eigenvalue weighted by molar-refractivity contribution is 9.15. The van der Waals surface area contributed by atoms with Crippen LogP contribution in [-0.2, 0) is 18.3 Å². The van der Waals surface area contributed by atoms with Gasteiger partial charge in [-0.15, -0.1) is 11.3 Å². The van der Waals surface area contributed by atoms with Crippen LogP contribution in [0.3, 0.4) is 0 Å². The maximum Gasteiger partial charge on any atom is 0.227 e. The lowest BCUT2D eigenvalue weighted by atomic mass is 10.1. The number of likely N-dealkylation sites (tertiary alicyclic amines) is 1. The van der Waals surface area contributed by atoms with Crippen molar-refractivity contribution in [2.24, 2.45) is 17.8 Å². The topological polar surface area (TPSA) is 96.7 Å². The average Bonchev–Trinajstić information content (AvgIpc) is 3.34. The van der Waals surface area contributed by atoms with Crippen molar-refractivity contribution in [3.63, 3.8) is 0 Å². The molecule has 3 N–H and O–H groups in total. The van der Waals surface area contributed by atoms with E-state index in [1.54, 1.807) is 23.5 Å². The minimum Gasteiger partial charge on any atom is -0.507 e. The summed E-state index contributed by atoms with van der Waals surface area (Å²) in [6.45, 7) is 1.39. The third-order valence-electron chi connectivity index (χ3n) is 5.73. The Hall–Kier alpha value is -2.91. The number of hydrogen-bond donors (Lipinski definition) is 2. The number of carbonyl (C=O) groups is 1. The Bertz CT molecular complexity index is 1230. The van der Waals surface area contributed by atoms with Gasteiger partial charge in [0.2, 0.25) is 5.91 Å². The van der Waals surface area contributed by atoms with E-state index in [2.05, 4.69) is 15.9 Å². The van der Waals surface area contributed by atoms with Crippen molar-refractivity contribution < 1.29 is 9.90 Å². The van der Waals surface area contributed by atoms with Crippen LogP contribution in [0.4, 0.5) is 0 Å². The molecule has 1 aliphatic rings. The molecule has 4 rings (SSSR count). The van der Waals surface area contributed by atoms with E-state index >= 15 is 0 Å². The van der Waals surface area contributed by atoms with E-state index in [9.17, 15) is 9.90 Å². The highest BCUT2D eigenvalue weighted by Gasteiger charge is 2.23. The number of piperidine rings is 1. The van der Waals surface area contributed by atoms with Crippen LogP contribution in [-0.4, -0.2) is 44.6 Å². The average molecular weight is 528 g/mol. The summed E-state index contributed by atoms with van der Waals surface area (Å²) in [5.74, 6) is 0.938. The molecule has 33 heavy (non-hydrogen) atoms. The maximum absolute atomic E-state index is 12.6. The van der Waals surface area contributed by atoms with Crippen LogP contribution < -0.4 is 11.2 Å². The molecule has 0 bridgehead atoms. The van der Waals surface area contributed by atoms with Crippen LogP contribution in [0.1, 0.15) is 23.5 Å². The predicted molar refractivity (Wildman–Crippen MR) is 135 cm³/mol. The fourth-order valence-electron chi connectivity index (χ4n) is 3.89. The third-order valence-corrected chi connectivity index (χ3v) is 7.23. The van der Waals surface area contributed by atoms with Crippen molar-refractivity contribution in [1.82, 2.24) is 14.5 Å². The van der Waals surface area contributed by atoms with Crippen molar-refractivity contribution in [3.05, 3.63) is 70.2 Å². The van der Waals surface area contributed by atoms with E-state index in [4.69, 9.17) is 15.7 Å². The van der Waals surface area contributed by atoms with Crippen LogP contribution in [0.15, 0.2) is 59.0 Å². The highest BCUT2D eigenvalue weighted by atomic mass is 79.9. The van der Waals surface area contributed by atoms with Gasteiger partial charge in [0, 0.05) is 42.8 Å². The number of phenols is 1. The number of benzene rings is 1. The number of amides is 1.